The molecule has 4 nitrogen and oxygen atoms in total. The molecule has 2 unspecified atom stereocenters. The predicted molar refractivity (Wildman–Crippen MR) is 96.5 cm³/mol. The van der Waals surface area contributed by atoms with E-state index in [4.69, 9.17) is 9.97 Å². The second-order valence-electron chi connectivity index (χ2n) is 7.07. The zero-order chi connectivity index (χ0) is 16.8. The molecule has 1 amide bonds. The van der Waals surface area contributed by atoms with Crippen LogP contribution < -0.4 is 5.32 Å². The minimum atomic E-state index is -0.0745. The van der Waals surface area contributed by atoms with Crippen molar-refractivity contribution in [3.8, 4) is 0 Å². The minimum Gasteiger partial charge on any atom is -0.348 e. The van der Waals surface area contributed by atoms with Gasteiger partial charge in [-0.2, -0.15) is 0 Å². The van der Waals surface area contributed by atoms with Crippen molar-refractivity contribution in [2.75, 3.05) is 0 Å². The van der Waals surface area contributed by atoms with Crippen molar-refractivity contribution in [1.29, 1.82) is 0 Å². The summed E-state index contributed by atoms with van der Waals surface area (Å²) in [6.07, 6.45) is 3.68. The van der Waals surface area contributed by atoms with Crippen LogP contribution in [0.25, 0.3) is 11.0 Å². The Kier molecular flexibility index (Phi) is 3.30. The van der Waals surface area contributed by atoms with Gasteiger partial charge in [-0.15, -0.1) is 0 Å². The van der Waals surface area contributed by atoms with Crippen LogP contribution >= 0.6 is 0 Å². The van der Waals surface area contributed by atoms with Crippen molar-refractivity contribution < 1.29 is 4.79 Å². The number of benzene rings is 2. The maximum atomic E-state index is 12.5. The zero-order valence-corrected chi connectivity index (χ0v) is 13.9. The number of hydrogen-bond donors (Lipinski definition) is 1. The smallest absolute Gasteiger partial charge is 0.251 e. The third-order valence-corrected chi connectivity index (χ3v) is 5.48. The normalized spacial score (nSPS) is 20.6. The highest BCUT2D eigenvalue weighted by Crippen LogP contribution is 2.51. The fourth-order valence-electron chi connectivity index (χ4n) is 4.18. The van der Waals surface area contributed by atoms with Crippen LogP contribution in [0.15, 0.2) is 48.5 Å². The predicted octanol–water partition coefficient (Wildman–Crippen LogP) is 3.92. The van der Waals surface area contributed by atoms with Gasteiger partial charge in [-0.1, -0.05) is 30.3 Å². The monoisotopic (exact) mass is 329 g/mol. The van der Waals surface area contributed by atoms with Crippen LogP contribution in [0.1, 0.15) is 58.4 Å². The second kappa shape index (κ2) is 5.66. The van der Waals surface area contributed by atoms with Gasteiger partial charge in [0.1, 0.15) is 0 Å². The van der Waals surface area contributed by atoms with Crippen molar-refractivity contribution in [2.24, 2.45) is 0 Å². The lowest BCUT2D eigenvalue weighted by Gasteiger charge is -2.14. The molecule has 4 heteroatoms. The maximum absolute atomic E-state index is 12.5. The van der Waals surface area contributed by atoms with Crippen LogP contribution in [0.2, 0.25) is 0 Å². The molecule has 0 saturated heterocycles. The van der Waals surface area contributed by atoms with Gasteiger partial charge in [-0.25, -0.2) is 9.97 Å². The summed E-state index contributed by atoms with van der Waals surface area (Å²) in [5.41, 5.74) is 5.83. The molecule has 5 rings (SSSR count). The standard InChI is InChI=1S/C21H19N3O/c25-21(22-12-13-4-2-1-3-5-13)16-8-9-17-18(11-16)24-20-15-7-6-14(10-15)19(20)23-17/h1-5,8-9,11,14-15H,6-7,10,12H2,(H,22,25). The van der Waals surface area contributed by atoms with E-state index >= 15 is 0 Å². The Labute approximate surface area is 146 Å². The average Bonchev–Trinajstić information content (AvgIpc) is 3.27. The molecule has 1 N–H and O–H groups in total. The Bertz CT molecular complexity index is 968. The Hall–Kier alpha value is -2.75. The molecule has 3 aromatic rings. The number of amides is 1. The largest absolute Gasteiger partial charge is 0.348 e. The van der Waals surface area contributed by atoms with Gasteiger partial charge in [-0.05, 0) is 43.0 Å². The number of rotatable bonds is 3. The number of carbonyl (C=O) groups is 1. The Morgan fingerprint density at radius 1 is 0.960 bits per heavy atom. The lowest BCUT2D eigenvalue weighted by Crippen LogP contribution is -2.22. The summed E-state index contributed by atoms with van der Waals surface area (Å²) in [5, 5.41) is 2.97. The molecule has 2 aliphatic rings. The van der Waals surface area contributed by atoms with Crippen LogP contribution in [-0.4, -0.2) is 15.9 Å². The van der Waals surface area contributed by atoms with Crippen molar-refractivity contribution in [1.82, 2.24) is 15.3 Å². The first kappa shape index (κ1) is 14.6. The minimum absolute atomic E-state index is 0.0745. The number of hydrogen-bond acceptors (Lipinski definition) is 3. The third-order valence-electron chi connectivity index (χ3n) is 5.48. The second-order valence-corrected chi connectivity index (χ2v) is 7.07. The molecule has 124 valence electrons. The zero-order valence-electron chi connectivity index (χ0n) is 13.9. The lowest BCUT2D eigenvalue weighted by molar-refractivity contribution is 0.0951. The highest BCUT2D eigenvalue weighted by Gasteiger charge is 2.39. The highest BCUT2D eigenvalue weighted by molar-refractivity contribution is 5.97. The average molecular weight is 329 g/mol. The topological polar surface area (TPSA) is 54.9 Å². The van der Waals surface area contributed by atoms with E-state index in [-0.39, 0.29) is 5.91 Å². The first-order chi connectivity index (χ1) is 12.3. The molecular formula is C21H19N3O. The Morgan fingerprint density at radius 2 is 1.68 bits per heavy atom. The number of nitrogens with zero attached hydrogens (tertiary/aromatic N) is 2. The fourth-order valence-corrected chi connectivity index (χ4v) is 4.18. The summed E-state index contributed by atoms with van der Waals surface area (Å²) in [6, 6.07) is 15.6. The highest BCUT2D eigenvalue weighted by atomic mass is 16.1. The maximum Gasteiger partial charge on any atom is 0.251 e. The van der Waals surface area contributed by atoms with Gasteiger partial charge in [0.05, 0.1) is 22.4 Å². The number of aromatic nitrogens is 2. The van der Waals surface area contributed by atoms with Crippen LogP contribution in [0.5, 0.6) is 0 Å². The molecule has 0 aliphatic heterocycles. The van der Waals surface area contributed by atoms with E-state index in [9.17, 15) is 4.79 Å². The molecule has 2 aliphatic carbocycles. The summed E-state index contributed by atoms with van der Waals surface area (Å²) in [5.74, 6) is 1.10. The summed E-state index contributed by atoms with van der Waals surface area (Å²) < 4.78 is 0. The number of fused-ring (bicyclic) bond motifs is 6. The van der Waals surface area contributed by atoms with E-state index in [1.54, 1.807) is 0 Å². The molecule has 1 fully saturated rings. The molecule has 0 spiro atoms. The van der Waals surface area contributed by atoms with Crippen LogP contribution in [0.4, 0.5) is 0 Å². The molecule has 1 saturated carbocycles. The first-order valence-electron chi connectivity index (χ1n) is 8.91. The van der Waals surface area contributed by atoms with E-state index in [1.807, 2.05) is 48.5 Å². The fraction of sp³-hybridized carbons (Fsp3) is 0.286. The van der Waals surface area contributed by atoms with Gasteiger partial charge in [-0.3, -0.25) is 4.79 Å². The molecule has 25 heavy (non-hydrogen) atoms. The van der Waals surface area contributed by atoms with E-state index in [0.29, 0.717) is 23.9 Å². The Morgan fingerprint density at radius 3 is 2.44 bits per heavy atom. The van der Waals surface area contributed by atoms with Gasteiger partial charge < -0.3 is 5.32 Å². The summed E-state index contributed by atoms with van der Waals surface area (Å²) in [4.78, 5) is 22.2. The van der Waals surface area contributed by atoms with Gasteiger partial charge in [0, 0.05) is 23.9 Å². The summed E-state index contributed by atoms with van der Waals surface area (Å²) >= 11 is 0. The van der Waals surface area contributed by atoms with E-state index in [2.05, 4.69) is 5.32 Å². The molecule has 1 heterocycles. The van der Waals surface area contributed by atoms with Crippen LogP contribution in [0.3, 0.4) is 0 Å². The van der Waals surface area contributed by atoms with Crippen molar-refractivity contribution in [3.05, 3.63) is 71.0 Å². The van der Waals surface area contributed by atoms with Crippen molar-refractivity contribution in [2.45, 2.75) is 37.6 Å². The molecule has 2 bridgehead atoms. The first-order valence-corrected chi connectivity index (χ1v) is 8.91. The van der Waals surface area contributed by atoms with Gasteiger partial charge in [0.15, 0.2) is 0 Å². The van der Waals surface area contributed by atoms with E-state index in [1.165, 1.54) is 30.7 Å². The third kappa shape index (κ3) is 2.49. The Balaban J connectivity index is 1.41. The van der Waals surface area contributed by atoms with Crippen LogP contribution in [0, 0.1) is 0 Å². The van der Waals surface area contributed by atoms with Crippen LogP contribution in [-0.2, 0) is 6.54 Å². The van der Waals surface area contributed by atoms with Gasteiger partial charge >= 0.3 is 0 Å². The van der Waals surface area contributed by atoms with E-state index < -0.39 is 0 Å². The molecule has 1 aromatic heterocycles. The van der Waals surface area contributed by atoms with Crippen molar-refractivity contribution >= 4 is 16.9 Å². The summed E-state index contributed by atoms with van der Waals surface area (Å²) in [6.45, 7) is 0.525. The van der Waals surface area contributed by atoms with E-state index in [0.717, 1.165) is 16.6 Å². The van der Waals surface area contributed by atoms with Crippen molar-refractivity contribution in [3.63, 3.8) is 0 Å². The molecule has 0 radical (unpaired) electrons. The quantitative estimate of drug-likeness (QED) is 0.792. The molecular weight excluding hydrogens is 310 g/mol. The summed E-state index contributed by atoms with van der Waals surface area (Å²) in [7, 11) is 0. The van der Waals surface area contributed by atoms with Gasteiger partial charge in [0.2, 0.25) is 0 Å². The number of nitrogens with one attached hydrogen (secondary N) is 1. The SMILES string of the molecule is O=C(NCc1ccccc1)c1ccc2nc3c(nc2c1)C1CCC3C1. The number of carbonyl (C=O) groups excluding carboxylic acids is 1. The lowest BCUT2D eigenvalue weighted by atomic mass is 10.00. The van der Waals surface area contributed by atoms with Gasteiger partial charge in [0.25, 0.3) is 5.91 Å². The molecule has 2 aromatic carbocycles. The molecule has 2 atom stereocenters.